The number of benzene rings is 2. The number of hydrogen-bond donors (Lipinski definition) is 1. The number of hydrogen-bond acceptors (Lipinski definition) is 4. The molecule has 0 saturated heterocycles. The van der Waals surface area contributed by atoms with Gasteiger partial charge in [0.1, 0.15) is 0 Å². The largest absolute Gasteiger partial charge is 0.357 e. The molecular weight excluding hydrogens is 334 g/mol. The van der Waals surface area contributed by atoms with Gasteiger partial charge in [0, 0.05) is 36.6 Å². The van der Waals surface area contributed by atoms with E-state index >= 15 is 0 Å². The number of likely N-dealkylation sites (N-methyl/N-ethyl adjacent to an activating group) is 1. The van der Waals surface area contributed by atoms with Gasteiger partial charge in [-0.1, -0.05) is 62.4 Å². The van der Waals surface area contributed by atoms with Gasteiger partial charge in [-0.2, -0.15) is 0 Å². The second kappa shape index (κ2) is 9.49. The normalized spacial score (nSPS) is 15.4. The number of nitrogens with zero attached hydrogens (tertiary/aromatic N) is 2. The molecule has 0 atom stereocenters. The van der Waals surface area contributed by atoms with Crippen molar-refractivity contribution in [2.45, 2.75) is 20.4 Å². The fourth-order valence-corrected chi connectivity index (χ4v) is 3.46. The Hall–Kier alpha value is -2.43. The minimum absolute atomic E-state index is 0.225. The molecule has 1 aliphatic rings. The zero-order valence-electron chi connectivity index (χ0n) is 16.3. The standard InChI is InChI=1S/C23H29N3O/c1-3-25(4-2)16-21-22(24-20-13-9-6-10-14-20)17-26(18-23(21)27)15-19-11-7-5-8-12-19/h5-14,24H,3-4,15-18H2,1-2H3. The molecule has 0 radical (unpaired) electrons. The fraction of sp³-hybridized carbons (Fsp3) is 0.348. The summed E-state index contributed by atoms with van der Waals surface area (Å²) in [6, 6.07) is 20.5. The Morgan fingerprint density at radius 2 is 1.56 bits per heavy atom. The van der Waals surface area contributed by atoms with Crippen LogP contribution < -0.4 is 5.32 Å². The van der Waals surface area contributed by atoms with E-state index < -0.39 is 0 Å². The predicted octanol–water partition coefficient (Wildman–Crippen LogP) is 3.78. The Balaban J connectivity index is 1.84. The number of anilines is 1. The van der Waals surface area contributed by atoms with Crippen molar-refractivity contribution >= 4 is 11.5 Å². The smallest absolute Gasteiger partial charge is 0.175 e. The molecule has 0 bridgehead atoms. The summed E-state index contributed by atoms with van der Waals surface area (Å²) >= 11 is 0. The molecule has 3 rings (SSSR count). The van der Waals surface area contributed by atoms with E-state index in [0.717, 1.165) is 43.1 Å². The van der Waals surface area contributed by atoms with Gasteiger partial charge in [-0.05, 0) is 30.8 Å². The van der Waals surface area contributed by atoms with Crippen LogP contribution in [0.5, 0.6) is 0 Å². The molecule has 0 fully saturated rings. The van der Waals surface area contributed by atoms with Crippen molar-refractivity contribution in [3.63, 3.8) is 0 Å². The number of rotatable bonds is 8. The van der Waals surface area contributed by atoms with Crippen molar-refractivity contribution in [2.24, 2.45) is 0 Å². The minimum Gasteiger partial charge on any atom is -0.357 e. The maximum absolute atomic E-state index is 13.0. The number of ketones is 1. The minimum atomic E-state index is 0.225. The Bertz CT molecular complexity index is 767. The topological polar surface area (TPSA) is 35.6 Å². The Labute approximate surface area is 162 Å². The van der Waals surface area contributed by atoms with Crippen molar-refractivity contribution in [1.29, 1.82) is 0 Å². The Kier molecular flexibility index (Phi) is 6.80. The van der Waals surface area contributed by atoms with Crippen LogP contribution in [0.2, 0.25) is 0 Å². The number of Topliss-reactive ketones (excluding diaryl/α,β-unsaturated/α-hetero) is 1. The average Bonchev–Trinajstić information content (AvgIpc) is 2.69. The highest BCUT2D eigenvalue weighted by molar-refractivity contribution is 5.99. The van der Waals surface area contributed by atoms with Crippen LogP contribution in [0.4, 0.5) is 5.69 Å². The quantitative estimate of drug-likeness (QED) is 0.774. The van der Waals surface area contributed by atoms with Crippen LogP contribution in [0, 0.1) is 0 Å². The molecule has 1 N–H and O–H groups in total. The van der Waals surface area contributed by atoms with Gasteiger partial charge < -0.3 is 5.32 Å². The third-order valence-corrected chi connectivity index (χ3v) is 5.04. The van der Waals surface area contributed by atoms with E-state index in [1.54, 1.807) is 0 Å². The van der Waals surface area contributed by atoms with E-state index in [2.05, 4.69) is 41.1 Å². The van der Waals surface area contributed by atoms with Gasteiger partial charge in [0.25, 0.3) is 0 Å². The monoisotopic (exact) mass is 363 g/mol. The highest BCUT2D eigenvalue weighted by Gasteiger charge is 2.27. The van der Waals surface area contributed by atoms with Crippen LogP contribution >= 0.6 is 0 Å². The molecule has 2 aromatic rings. The highest BCUT2D eigenvalue weighted by atomic mass is 16.1. The van der Waals surface area contributed by atoms with E-state index in [0.29, 0.717) is 13.1 Å². The van der Waals surface area contributed by atoms with Crippen molar-refractivity contribution in [3.05, 3.63) is 77.5 Å². The summed E-state index contributed by atoms with van der Waals surface area (Å²) in [6.45, 7) is 8.90. The van der Waals surface area contributed by atoms with Gasteiger partial charge in [-0.15, -0.1) is 0 Å². The summed E-state index contributed by atoms with van der Waals surface area (Å²) in [5.74, 6) is 0.225. The van der Waals surface area contributed by atoms with Crippen molar-refractivity contribution in [1.82, 2.24) is 9.80 Å². The van der Waals surface area contributed by atoms with Crippen LogP contribution in [-0.2, 0) is 11.3 Å². The average molecular weight is 364 g/mol. The summed E-state index contributed by atoms with van der Waals surface area (Å²) in [7, 11) is 0. The molecule has 1 heterocycles. The van der Waals surface area contributed by atoms with E-state index in [9.17, 15) is 4.79 Å². The molecule has 2 aromatic carbocycles. The number of carbonyl (C=O) groups excluding carboxylic acids is 1. The third kappa shape index (κ3) is 5.28. The first-order valence-electron chi connectivity index (χ1n) is 9.75. The first-order valence-corrected chi connectivity index (χ1v) is 9.75. The lowest BCUT2D eigenvalue weighted by Gasteiger charge is -2.32. The van der Waals surface area contributed by atoms with E-state index in [-0.39, 0.29) is 5.78 Å². The van der Waals surface area contributed by atoms with Gasteiger partial charge in [0.15, 0.2) is 5.78 Å². The van der Waals surface area contributed by atoms with Gasteiger partial charge in [0.05, 0.1) is 6.54 Å². The van der Waals surface area contributed by atoms with E-state index in [1.807, 2.05) is 48.5 Å². The second-order valence-electron chi connectivity index (χ2n) is 6.96. The first-order chi connectivity index (χ1) is 13.2. The van der Waals surface area contributed by atoms with Gasteiger partial charge >= 0.3 is 0 Å². The lowest BCUT2D eigenvalue weighted by molar-refractivity contribution is -0.117. The Morgan fingerprint density at radius 3 is 2.19 bits per heavy atom. The highest BCUT2D eigenvalue weighted by Crippen LogP contribution is 2.21. The van der Waals surface area contributed by atoms with Crippen LogP contribution in [0.1, 0.15) is 19.4 Å². The van der Waals surface area contributed by atoms with Crippen molar-refractivity contribution < 1.29 is 4.79 Å². The summed E-state index contributed by atoms with van der Waals surface area (Å²) in [4.78, 5) is 17.5. The van der Waals surface area contributed by atoms with Crippen molar-refractivity contribution in [2.75, 3.05) is 38.0 Å². The summed E-state index contributed by atoms with van der Waals surface area (Å²) in [6.07, 6.45) is 0. The molecule has 0 aliphatic carbocycles. The van der Waals surface area contributed by atoms with Crippen LogP contribution in [0.3, 0.4) is 0 Å². The first kappa shape index (κ1) is 19.3. The van der Waals surface area contributed by atoms with Gasteiger partial charge in [-0.3, -0.25) is 14.6 Å². The molecule has 0 unspecified atom stereocenters. The Morgan fingerprint density at radius 1 is 0.926 bits per heavy atom. The van der Waals surface area contributed by atoms with Crippen LogP contribution in [-0.4, -0.2) is 48.3 Å². The molecule has 4 nitrogen and oxygen atoms in total. The summed E-state index contributed by atoms with van der Waals surface area (Å²) in [5, 5.41) is 3.52. The predicted molar refractivity (Wildman–Crippen MR) is 112 cm³/mol. The number of nitrogens with one attached hydrogen (secondary N) is 1. The molecular formula is C23H29N3O. The molecule has 0 amide bonds. The van der Waals surface area contributed by atoms with Crippen molar-refractivity contribution in [3.8, 4) is 0 Å². The number of para-hydroxylation sites is 1. The van der Waals surface area contributed by atoms with Crippen LogP contribution in [0.15, 0.2) is 71.9 Å². The number of carbonyl (C=O) groups is 1. The molecule has 27 heavy (non-hydrogen) atoms. The maximum Gasteiger partial charge on any atom is 0.175 e. The van der Waals surface area contributed by atoms with Gasteiger partial charge in [0.2, 0.25) is 0 Å². The molecule has 0 aromatic heterocycles. The molecule has 142 valence electrons. The zero-order valence-corrected chi connectivity index (χ0v) is 16.3. The molecule has 1 aliphatic heterocycles. The zero-order chi connectivity index (χ0) is 19.1. The summed E-state index contributed by atoms with van der Waals surface area (Å²) in [5.41, 5.74) is 4.21. The molecule has 4 heteroatoms. The van der Waals surface area contributed by atoms with E-state index in [4.69, 9.17) is 0 Å². The fourth-order valence-electron chi connectivity index (χ4n) is 3.46. The van der Waals surface area contributed by atoms with Gasteiger partial charge in [-0.25, -0.2) is 0 Å². The molecule has 0 saturated carbocycles. The third-order valence-electron chi connectivity index (χ3n) is 5.04. The maximum atomic E-state index is 13.0. The van der Waals surface area contributed by atoms with E-state index in [1.165, 1.54) is 5.56 Å². The SMILES string of the molecule is CCN(CC)CC1=C(Nc2ccccc2)CN(Cc2ccccc2)CC1=O. The lowest BCUT2D eigenvalue weighted by Crippen LogP contribution is -2.42. The van der Waals surface area contributed by atoms with Crippen LogP contribution in [0.25, 0.3) is 0 Å². The summed E-state index contributed by atoms with van der Waals surface area (Å²) < 4.78 is 0. The second-order valence-corrected chi connectivity index (χ2v) is 6.96. The lowest BCUT2D eigenvalue weighted by atomic mass is 10.0. The molecule has 0 spiro atoms.